The summed E-state index contributed by atoms with van der Waals surface area (Å²) in [5, 5.41) is 12.3. The van der Waals surface area contributed by atoms with E-state index in [-0.39, 0.29) is 0 Å². The molecule has 18 heavy (non-hydrogen) atoms. The van der Waals surface area contributed by atoms with Gasteiger partial charge in [0.15, 0.2) is 0 Å². The second-order valence-corrected chi connectivity index (χ2v) is 6.39. The van der Waals surface area contributed by atoms with E-state index in [1.165, 1.54) is 4.88 Å². The molecule has 0 atom stereocenters. The van der Waals surface area contributed by atoms with E-state index in [9.17, 15) is 4.79 Å². The maximum atomic E-state index is 11.0. The van der Waals surface area contributed by atoms with Crippen molar-refractivity contribution in [2.45, 2.75) is 13.5 Å². The van der Waals surface area contributed by atoms with E-state index < -0.39 is 5.97 Å². The fraction of sp³-hybridized carbons (Fsp3) is 0.154. The molecule has 0 bridgehead atoms. The zero-order valence-electron chi connectivity index (χ0n) is 9.74. The number of carbonyl (C=O) groups is 1. The van der Waals surface area contributed by atoms with Gasteiger partial charge in [0.25, 0.3) is 0 Å². The highest BCUT2D eigenvalue weighted by Gasteiger charge is 2.09. The third-order valence-electron chi connectivity index (χ3n) is 2.65. The van der Waals surface area contributed by atoms with E-state index in [1.807, 2.05) is 25.1 Å². The first-order valence-corrected chi connectivity index (χ1v) is 7.00. The lowest BCUT2D eigenvalue weighted by molar-refractivity contribution is 0.0696. The van der Waals surface area contributed by atoms with Crippen molar-refractivity contribution in [1.29, 1.82) is 0 Å². The van der Waals surface area contributed by atoms with Gasteiger partial charge in [-0.1, -0.05) is 6.07 Å². The van der Waals surface area contributed by atoms with Gasteiger partial charge in [-0.15, -0.1) is 11.3 Å². The van der Waals surface area contributed by atoms with Crippen LogP contribution in [-0.2, 0) is 6.54 Å². The van der Waals surface area contributed by atoms with Crippen molar-refractivity contribution < 1.29 is 9.90 Å². The second kappa shape index (κ2) is 5.54. The second-order valence-electron chi connectivity index (χ2n) is 3.84. The number of nitrogens with one attached hydrogen (secondary N) is 1. The summed E-state index contributed by atoms with van der Waals surface area (Å²) < 4.78 is 1.09. The van der Waals surface area contributed by atoms with Gasteiger partial charge in [-0.05, 0) is 52.7 Å². The number of aromatic carboxylic acids is 1. The number of anilines is 1. The molecule has 1 aromatic heterocycles. The summed E-state index contributed by atoms with van der Waals surface area (Å²) in [6.45, 7) is 2.51. The van der Waals surface area contributed by atoms with Gasteiger partial charge in [0.2, 0.25) is 0 Å². The van der Waals surface area contributed by atoms with Crippen molar-refractivity contribution in [1.82, 2.24) is 0 Å². The average molecular weight is 326 g/mol. The normalized spacial score (nSPS) is 10.3. The number of hydrogen-bond acceptors (Lipinski definition) is 3. The van der Waals surface area contributed by atoms with Crippen LogP contribution < -0.4 is 5.32 Å². The molecule has 0 saturated heterocycles. The van der Waals surface area contributed by atoms with Crippen LogP contribution >= 0.6 is 27.3 Å². The van der Waals surface area contributed by atoms with E-state index >= 15 is 0 Å². The van der Waals surface area contributed by atoms with Crippen molar-refractivity contribution in [3.8, 4) is 0 Å². The lowest BCUT2D eigenvalue weighted by Gasteiger charge is -2.10. The molecule has 1 heterocycles. The molecule has 0 aliphatic carbocycles. The Morgan fingerprint density at radius 2 is 2.17 bits per heavy atom. The SMILES string of the molecule is Cc1c(NCc2ccc(Br)s2)cccc1C(=O)O. The van der Waals surface area contributed by atoms with Crippen LogP contribution in [0.2, 0.25) is 0 Å². The van der Waals surface area contributed by atoms with Gasteiger partial charge in [0.05, 0.1) is 9.35 Å². The quantitative estimate of drug-likeness (QED) is 0.888. The van der Waals surface area contributed by atoms with Crippen molar-refractivity contribution in [3.05, 3.63) is 50.1 Å². The monoisotopic (exact) mass is 325 g/mol. The molecule has 0 radical (unpaired) electrons. The average Bonchev–Trinajstić information content (AvgIpc) is 2.73. The Bertz CT molecular complexity index is 580. The van der Waals surface area contributed by atoms with Crippen molar-refractivity contribution in [2.24, 2.45) is 0 Å². The zero-order valence-corrected chi connectivity index (χ0v) is 12.1. The van der Waals surface area contributed by atoms with Crippen LogP contribution in [0.25, 0.3) is 0 Å². The van der Waals surface area contributed by atoms with Gasteiger partial charge in [-0.25, -0.2) is 4.79 Å². The summed E-state index contributed by atoms with van der Waals surface area (Å²) in [7, 11) is 0. The van der Waals surface area contributed by atoms with Crippen molar-refractivity contribution in [2.75, 3.05) is 5.32 Å². The van der Waals surface area contributed by atoms with E-state index in [1.54, 1.807) is 23.5 Å². The topological polar surface area (TPSA) is 49.3 Å². The molecular formula is C13H12BrNO2S. The Hall–Kier alpha value is -1.33. The molecule has 0 unspecified atom stereocenters. The summed E-state index contributed by atoms with van der Waals surface area (Å²) >= 11 is 5.08. The summed E-state index contributed by atoms with van der Waals surface area (Å²) in [4.78, 5) is 12.2. The van der Waals surface area contributed by atoms with E-state index in [0.717, 1.165) is 15.0 Å². The first-order valence-electron chi connectivity index (χ1n) is 5.39. The molecule has 0 amide bonds. The molecule has 0 aliphatic rings. The van der Waals surface area contributed by atoms with Crippen molar-refractivity contribution >= 4 is 38.9 Å². The van der Waals surface area contributed by atoms with Crippen LogP contribution in [0.15, 0.2) is 34.1 Å². The van der Waals surface area contributed by atoms with Gasteiger partial charge >= 0.3 is 5.97 Å². The number of thiophene rings is 1. The zero-order chi connectivity index (χ0) is 13.1. The molecule has 5 heteroatoms. The highest BCUT2D eigenvalue weighted by Crippen LogP contribution is 2.24. The molecule has 2 aromatic rings. The Labute approximate surface area is 118 Å². The third kappa shape index (κ3) is 2.91. The van der Waals surface area contributed by atoms with Crippen molar-refractivity contribution in [3.63, 3.8) is 0 Å². The van der Waals surface area contributed by atoms with Gasteiger partial charge in [-0.2, -0.15) is 0 Å². The molecular weight excluding hydrogens is 314 g/mol. The Balaban J connectivity index is 2.14. The minimum Gasteiger partial charge on any atom is -0.478 e. The summed E-state index contributed by atoms with van der Waals surface area (Å²) in [6.07, 6.45) is 0. The van der Waals surface area contributed by atoms with E-state index in [0.29, 0.717) is 12.1 Å². The smallest absolute Gasteiger partial charge is 0.336 e. The molecule has 94 valence electrons. The van der Waals surface area contributed by atoms with Crippen LogP contribution in [-0.4, -0.2) is 11.1 Å². The van der Waals surface area contributed by atoms with Crippen LogP contribution in [0.4, 0.5) is 5.69 Å². The molecule has 0 saturated carbocycles. The summed E-state index contributed by atoms with van der Waals surface area (Å²) in [5.74, 6) is -0.894. The number of halogens is 1. The minimum atomic E-state index is -0.894. The minimum absolute atomic E-state index is 0.340. The third-order valence-corrected chi connectivity index (χ3v) is 4.27. The first kappa shape index (κ1) is 13.1. The molecule has 1 aromatic carbocycles. The summed E-state index contributed by atoms with van der Waals surface area (Å²) in [6, 6.07) is 9.30. The number of carboxylic acids is 1. The number of benzene rings is 1. The molecule has 2 rings (SSSR count). The lowest BCUT2D eigenvalue weighted by atomic mass is 10.1. The molecule has 0 fully saturated rings. The Morgan fingerprint density at radius 1 is 1.39 bits per heavy atom. The maximum Gasteiger partial charge on any atom is 0.336 e. The van der Waals surface area contributed by atoms with Crippen LogP contribution in [0, 0.1) is 6.92 Å². The van der Waals surface area contributed by atoms with Crippen LogP contribution in [0.3, 0.4) is 0 Å². The standard InChI is InChI=1S/C13H12BrNO2S/c1-8-10(13(16)17)3-2-4-11(8)15-7-9-5-6-12(14)18-9/h2-6,15H,7H2,1H3,(H,16,17). The van der Waals surface area contributed by atoms with Gasteiger partial charge in [0.1, 0.15) is 0 Å². The lowest BCUT2D eigenvalue weighted by Crippen LogP contribution is -2.05. The van der Waals surface area contributed by atoms with E-state index in [4.69, 9.17) is 5.11 Å². The largest absolute Gasteiger partial charge is 0.478 e. The van der Waals surface area contributed by atoms with Gasteiger partial charge < -0.3 is 10.4 Å². The predicted octanol–water partition coefficient (Wildman–Crippen LogP) is 4.13. The summed E-state index contributed by atoms with van der Waals surface area (Å²) in [5.41, 5.74) is 1.97. The number of hydrogen-bond donors (Lipinski definition) is 2. The Morgan fingerprint density at radius 3 is 2.78 bits per heavy atom. The van der Waals surface area contributed by atoms with Gasteiger partial charge in [0, 0.05) is 17.1 Å². The molecule has 0 aliphatic heterocycles. The number of carboxylic acid groups (broad SMARTS) is 1. The van der Waals surface area contributed by atoms with Crippen LogP contribution in [0.5, 0.6) is 0 Å². The first-order chi connectivity index (χ1) is 8.58. The fourth-order valence-electron chi connectivity index (χ4n) is 1.69. The van der Waals surface area contributed by atoms with E-state index in [2.05, 4.69) is 21.2 Å². The Kier molecular flexibility index (Phi) is 4.04. The maximum absolute atomic E-state index is 11.0. The highest BCUT2D eigenvalue weighted by molar-refractivity contribution is 9.11. The molecule has 2 N–H and O–H groups in total. The number of rotatable bonds is 4. The van der Waals surface area contributed by atoms with Gasteiger partial charge in [-0.3, -0.25) is 0 Å². The molecule has 0 spiro atoms. The highest BCUT2D eigenvalue weighted by atomic mass is 79.9. The predicted molar refractivity (Wildman–Crippen MR) is 77.5 cm³/mol. The molecule has 3 nitrogen and oxygen atoms in total. The van der Waals surface area contributed by atoms with Crippen LogP contribution in [0.1, 0.15) is 20.8 Å². The fourth-order valence-corrected chi connectivity index (χ4v) is 3.11.